The van der Waals surface area contributed by atoms with Crippen molar-refractivity contribution in [1.29, 1.82) is 0 Å². The third-order valence-corrected chi connectivity index (χ3v) is 6.88. The van der Waals surface area contributed by atoms with Crippen molar-refractivity contribution >= 4 is 27.3 Å². The van der Waals surface area contributed by atoms with E-state index in [1.165, 1.54) is 11.3 Å². The number of hydrogen-bond acceptors (Lipinski definition) is 5. The Morgan fingerprint density at radius 3 is 2.62 bits per heavy atom. The summed E-state index contributed by atoms with van der Waals surface area (Å²) in [5, 5.41) is 8.04. The molecule has 29 heavy (non-hydrogen) atoms. The normalized spacial score (nSPS) is 13.2. The van der Waals surface area contributed by atoms with Crippen molar-refractivity contribution < 1.29 is 13.2 Å². The van der Waals surface area contributed by atoms with E-state index in [1.54, 1.807) is 17.5 Å². The number of ether oxygens (including phenoxy) is 1. The molecule has 2 aromatic rings. The summed E-state index contributed by atoms with van der Waals surface area (Å²) in [6.07, 6.45) is 0.863. The number of benzene rings is 1. The number of aliphatic imine (C=N–C) groups is 1. The second-order valence-corrected chi connectivity index (χ2v) is 9.24. The van der Waals surface area contributed by atoms with Gasteiger partial charge in [-0.3, -0.25) is 4.99 Å². The lowest BCUT2D eigenvalue weighted by atomic mass is 10.1. The highest BCUT2D eigenvalue weighted by atomic mass is 32.2. The first kappa shape index (κ1) is 23.3. The fourth-order valence-electron chi connectivity index (χ4n) is 2.53. The molecule has 1 aromatic carbocycles. The van der Waals surface area contributed by atoms with Gasteiger partial charge in [0.15, 0.2) is 5.96 Å². The van der Waals surface area contributed by atoms with Crippen LogP contribution < -0.4 is 15.4 Å². The molecule has 0 aliphatic heterocycles. The predicted octanol–water partition coefficient (Wildman–Crippen LogP) is 2.75. The van der Waals surface area contributed by atoms with E-state index in [4.69, 9.17) is 4.74 Å². The Labute approximate surface area is 177 Å². The van der Waals surface area contributed by atoms with Gasteiger partial charge in [0.05, 0.1) is 6.10 Å². The van der Waals surface area contributed by atoms with Crippen LogP contribution >= 0.6 is 11.3 Å². The number of thiophene rings is 1. The number of hydrogen-bond donors (Lipinski definition) is 3. The molecule has 0 spiro atoms. The largest absolute Gasteiger partial charge is 0.374 e. The first-order valence-corrected chi connectivity index (χ1v) is 12.1. The van der Waals surface area contributed by atoms with Crippen LogP contribution in [0, 0.1) is 0 Å². The van der Waals surface area contributed by atoms with Gasteiger partial charge in [0.25, 0.3) is 0 Å². The van der Waals surface area contributed by atoms with E-state index in [0.717, 1.165) is 18.5 Å². The van der Waals surface area contributed by atoms with Crippen LogP contribution in [0.2, 0.25) is 0 Å². The maximum atomic E-state index is 12.1. The molecule has 0 saturated heterocycles. The second kappa shape index (κ2) is 12.6. The maximum Gasteiger partial charge on any atom is 0.250 e. The molecule has 0 fully saturated rings. The van der Waals surface area contributed by atoms with Crippen molar-refractivity contribution in [2.45, 2.75) is 30.6 Å². The molecule has 0 radical (unpaired) electrons. The molecule has 2 rings (SSSR count). The summed E-state index contributed by atoms with van der Waals surface area (Å²) in [7, 11) is -3.43. The lowest BCUT2D eigenvalue weighted by Crippen LogP contribution is -2.41. The molecule has 3 N–H and O–H groups in total. The van der Waals surface area contributed by atoms with E-state index >= 15 is 0 Å². The number of nitrogens with one attached hydrogen (secondary N) is 3. The molecule has 7 nitrogen and oxygen atoms in total. The summed E-state index contributed by atoms with van der Waals surface area (Å²) < 4.78 is 32.9. The quantitative estimate of drug-likeness (QED) is 0.269. The van der Waals surface area contributed by atoms with Crippen LogP contribution in [0.4, 0.5) is 0 Å². The van der Waals surface area contributed by atoms with Gasteiger partial charge in [0, 0.05) is 32.8 Å². The van der Waals surface area contributed by atoms with E-state index in [9.17, 15) is 8.42 Å². The minimum atomic E-state index is -3.43. The Hall–Kier alpha value is -1.94. The highest BCUT2D eigenvalue weighted by Crippen LogP contribution is 2.16. The van der Waals surface area contributed by atoms with E-state index in [1.807, 2.05) is 32.0 Å². The van der Waals surface area contributed by atoms with Crippen molar-refractivity contribution in [3.8, 4) is 0 Å². The van der Waals surface area contributed by atoms with Gasteiger partial charge in [0.1, 0.15) is 4.21 Å². The lowest BCUT2D eigenvalue weighted by molar-refractivity contribution is 0.0652. The minimum Gasteiger partial charge on any atom is -0.374 e. The van der Waals surface area contributed by atoms with Crippen LogP contribution in [0.25, 0.3) is 0 Å². The number of sulfonamides is 1. The average Bonchev–Trinajstić information content (AvgIpc) is 3.27. The number of rotatable bonds is 12. The molecule has 1 heterocycles. The third kappa shape index (κ3) is 8.53. The zero-order chi connectivity index (χ0) is 21.0. The molecule has 0 bridgehead atoms. The highest BCUT2D eigenvalue weighted by molar-refractivity contribution is 7.91. The van der Waals surface area contributed by atoms with Gasteiger partial charge in [-0.25, -0.2) is 13.1 Å². The maximum absolute atomic E-state index is 12.1. The van der Waals surface area contributed by atoms with Gasteiger partial charge >= 0.3 is 0 Å². The summed E-state index contributed by atoms with van der Waals surface area (Å²) in [6.45, 7) is 6.73. The summed E-state index contributed by atoms with van der Waals surface area (Å²) in [5.41, 5.74) is 1.16. The first-order chi connectivity index (χ1) is 14.0. The zero-order valence-corrected chi connectivity index (χ0v) is 18.6. The first-order valence-electron chi connectivity index (χ1n) is 9.75. The van der Waals surface area contributed by atoms with Gasteiger partial charge in [0.2, 0.25) is 10.0 Å². The molecule has 1 aromatic heterocycles. The van der Waals surface area contributed by atoms with E-state index in [0.29, 0.717) is 29.9 Å². The predicted molar refractivity (Wildman–Crippen MR) is 119 cm³/mol. The van der Waals surface area contributed by atoms with Gasteiger partial charge < -0.3 is 15.4 Å². The number of nitrogens with zero attached hydrogens (tertiary/aromatic N) is 1. The van der Waals surface area contributed by atoms with E-state index in [-0.39, 0.29) is 12.6 Å². The van der Waals surface area contributed by atoms with Crippen molar-refractivity contribution in [3.63, 3.8) is 0 Å². The molecule has 0 amide bonds. The third-order valence-electron chi connectivity index (χ3n) is 4.02. The van der Waals surface area contributed by atoms with Gasteiger partial charge in [-0.05, 0) is 37.3 Å². The molecule has 1 atom stereocenters. The Balaban J connectivity index is 1.67. The Morgan fingerprint density at radius 2 is 1.93 bits per heavy atom. The summed E-state index contributed by atoms with van der Waals surface area (Å²) in [6, 6.07) is 13.4. The van der Waals surface area contributed by atoms with Crippen molar-refractivity contribution in [2.24, 2.45) is 4.99 Å². The van der Waals surface area contributed by atoms with Gasteiger partial charge in [-0.15, -0.1) is 11.3 Å². The molecular weight excluding hydrogens is 408 g/mol. The van der Waals surface area contributed by atoms with Crippen LogP contribution in [0.3, 0.4) is 0 Å². The second-order valence-electron chi connectivity index (χ2n) is 6.29. The number of guanidine groups is 1. The topological polar surface area (TPSA) is 91.8 Å². The molecule has 0 aliphatic carbocycles. The van der Waals surface area contributed by atoms with Crippen LogP contribution in [0.5, 0.6) is 0 Å². The zero-order valence-electron chi connectivity index (χ0n) is 16.9. The molecule has 160 valence electrons. The Kier molecular flexibility index (Phi) is 10.1. The smallest absolute Gasteiger partial charge is 0.250 e. The summed E-state index contributed by atoms with van der Waals surface area (Å²) in [5.74, 6) is 0.666. The van der Waals surface area contributed by atoms with Gasteiger partial charge in [-0.1, -0.05) is 36.4 Å². The fraction of sp³-hybridized carbons (Fsp3) is 0.450. The standard InChI is InChI=1S/C20H30N4O3S2/c1-3-21-20(23-13-14-24-29(25,26)19-11-7-16-28-19)22-12-8-15-27-17(2)18-9-5-4-6-10-18/h4-7,9-11,16-17,24H,3,8,12-15H2,1-2H3,(H2,21,22,23). The monoisotopic (exact) mass is 438 g/mol. The highest BCUT2D eigenvalue weighted by Gasteiger charge is 2.13. The van der Waals surface area contributed by atoms with Gasteiger partial charge in [-0.2, -0.15) is 0 Å². The molecule has 0 saturated carbocycles. The Bertz CT molecular complexity index is 825. The van der Waals surface area contributed by atoms with Crippen molar-refractivity contribution in [1.82, 2.24) is 15.4 Å². The summed E-state index contributed by atoms with van der Waals surface area (Å²) in [4.78, 5) is 4.51. The Morgan fingerprint density at radius 1 is 1.14 bits per heavy atom. The minimum absolute atomic E-state index is 0.0583. The van der Waals surface area contributed by atoms with E-state index < -0.39 is 10.0 Å². The van der Waals surface area contributed by atoms with Crippen molar-refractivity contribution in [2.75, 3.05) is 32.8 Å². The average molecular weight is 439 g/mol. The van der Waals surface area contributed by atoms with Crippen molar-refractivity contribution in [3.05, 3.63) is 53.4 Å². The molecule has 9 heteroatoms. The van der Waals surface area contributed by atoms with E-state index in [2.05, 4.69) is 32.5 Å². The molecule has 0 aliphatic rings. The SMILES string of the molecule is CCNC(=NCCCOC(C)c1ccccc1)NCCNS(=O)(=O)c1cccs1. The lowest BCUT2D eigenvalue weighted by Gasteiger charge is -2.14. The molecular formula is C20H30N4O3S2. The van der Waals surface area contributed by atoms with Crippen LogP contribution in [0.15, 0.2) is 57.0 Å². The van der Waals surface area contributed by atoms with Crippen LogP contribution in [0.1, 0.15) is 31.9 Å². The van der Waals surface area contributed by atoms with Crippen LogP contribution in [-0.4, -0.2) is 47.2 Å². The van der Waals surface area contributed by atoms with Crippen LogP contribution in [-0.2, 0) is 14.8 Å². The fourth-order valence-corrected chi connectivity index (χ4v) is 4.60. The summed E-state index contributed by atoms with van der Waals surface area (Å²) >= 11 is 1.20. The molecule has 1 unspecified atom stereocenters.